The van der Waals surface area contributed by atoms with Gasteiger partial charge in [-0.05, 0) is 75.2 Å². The van der Waals surface area contributed by atoms with Crippen LogP contribution in [-0.4, -0.2) is 38.0 Å². The second-order valence-corrected chi connectivity index (χ2v) is 8.63. The highest BCUT2D eigenvalue weighted by molar-refractivity contribution is 7.99. The molecule has 0 saturated heterocycles. The van der Waals surface area contributed by atoms with E-state index in [9.17, 15) is 4.79 Å². The minimum atomic E-state index is -0.145. The predicted molar refractivity (Wildman–Crippen MR) is 130 cm³/mol. The molecule has 0 atom stereocenters. The van der Waals surface area contributed by atoms with Gasteiger partial charge in [-0.1, -0.05) is 17.8 Å². The lowest BCUT2D eigenvalue weighted by atomic mass is 10.1. The Labute approximate surface area is 195 Å². The summed E-state index contributed by atoms with van der Waals surface area (Å²) in [5, 5.41) is 20.1. The first kappa shape index (κ1) is 22.6. The number of aryl methyl sites for hydroxylation is 3. The molecule has 8 nitrogen and oxygen atoms in total. The van der Waals surface area contributed by atoms with Gasteiger partial charge in [0.1, 0.15) is 11.2 Å². The fourth-order valence-corrected chi connectivity index (χ4v) is 4.28. The molecule has 0 saturated carbocycles. The number of benzene rings is 2. The third-order valence-corrected chi connectivity index (χ3v) is 6.25. The second-order valence-electron chi connectivity index (χ2n) is 7.69. The summed E-state index contributed by atoms with van der Waals surface area (Å²) in [6.45, 7) is 8.42. The normalized spacial score (nSPS) is 11.0. The number of ether oxygens (including phenoxy) is 1. The first-order valence-corrected chi connectivity index (χ1v) is 11.6. The largest absolute Gasteiger partial charge is 0.494 e. The lowest BCUT2D eigenvalue weighted by Crippen LogP contribution is -2.23. The van der Waals surface area contributed by atoms with Crippen LogP contribution in [0, 0.1) is 26.2 Å². The summed E-state index contributed by atoms with van der Waals surface area (Å²) in [4.78, 5) is 17.3. The monoisotopic (exact) mass is 462 g/mol. The summed E-state index contributed by atoms with van der Waals surface area (Å²) in [6, 6.07) is 13.3. The van der Waals surface area contributed by atoms with Crippen molar-refractivity contribution in [2.45, 2.75) is 32.9 Å². The Kier molecular flexibility index (Phi) is 6.50. The van der Waals surface area contributed by atoms with Crippen molar-refractivity contribution in [1.82, 2.24) is 19.7 Å². The standard InChI is InChI=1S/C24H26N6O2S/c1-5-32-19-10-8-18(9-11-19)30-22(25)21-16(4)28-29-23(21)27-24(30)33-13-20(31)26-17-7-6-14(2)15(3)12-17/h6-12,25H,5,13H2,1-4H3,(H,26,31)(H,28,29). The third-order valence-electron chi connectivity index (χ3n) is 5.31. The molecule has 170 valence electrons. The van der Waals surface area contributed by atoms with E-state index in [4.69, 9.17) is 10.1 Å². The maximum atomic E-state index is 12.6. The van der Waals surface area contributed by atoms with Crippen LogP contribution in [0.4, 0.5) is 5.69 Å². The molecule has 3 N–H and O–H groups in total. The van der Waals surface area contributed by atoms with Crippen molar-refractivity contribution in [3.8, 4) is 11.4 Å². The summed E-state index contributed by atoms with van der Waals surface area (Å²) < 4.78 is 7.27. The van der Waals surface area contributed by atoms with Gasteiger partial charge in [0, 0.05) is 17.1 Å². The molecule has 0 aliphatic heterocycles. The van der Waals surface area contributed by atoms with E-state index in [0.29, 0.717) is 22.8 Å². The molecule has 4 aromatic rings. The number of H-pyrrole nitrogens is 1. The van der Waals surface area contributed by atoms with Crippen molar-refractivity contribution in [2.24, 2.45) is 0 Å². The maximum absolute atomic E-state index is 12.6. The van der Waals surface area contributed by atoms with Gasteiger partial charge < -0.3 is 10.1 Å². The van der Waals surface area contributed by atoms with E-state index < -0.39 is 0 Å². The van der Waals surface area contributed by atoms with Gasteiger partial charge in [-0.2, -0.15) is 5.10 Å². The molecule has 0 aliphatic rings. The summed E-state index contributed by atoms with van der Waals surface area (Å²) in [7, 11) is 0. The van der Waals surface area contributed by atoms with Crippen molar-refractivity contribution in [3.05, 3.63) is 64.8 Å². The number of nitrogens with one attached hydrogen (secondary N) is 3. The molecule has 2 aromatic heterocycles. The van der Waals surface area contributed by atoms with Crippen LogP contribution in [0.1, 0.15) is 23.7 Å². The number of anilines is 1. The van der Waals surface area contributed by atoms with Crippen LogP contribution >= 0.6 is 11.8 Å². The highest BCUT2D eigenvalue weighted by Gasteiger charge is 2.16. The van der Waals surface area contributed by atoms with Gasteiger partial charge in [0.2, 0.25) is 5.91 Å². The van der Waals surface area contributed by atoms with Gasteiger partial charge in [-0.25, -0.2) is 4.98 Å². The Balaban J connectivity index is 1.64. The molecular formula is C24H26N6O2S. The molecule has 2 heterocycles. The van der Waals surface area contributed by atoms with Crippen molar-refractivity contribution in [1.29, 1.82) is 5.41 Å². The van der Waals surface area contributed by atoms with Crippen LogP contribution in [0.3, 0.4) is 0 Å². The van der Waals surface area contributed by atoms with Crippen LogP contribution in [0.15, 0.2) is 47.6 Å². The number of fused-ring (bicyclic) bond motifs is 1. The molecular weight excluding hydrogens is 436 g/mol. The number of aromatic amines is 1. The average molecular weight is 463 g/mol. The predicted octanol–water partition coefficient (Wildman–Crippen LogP) is 4.28. The highest BCUT2D eigenvalue weighted by Crippen LogP contribution is 2.23. The third kappa shape index (κ3) is 4.78. The Morgan fingerprint density at radius 3 is 2.61 bits per heavy atom. The lowest BCUT2D eigenvalue weighted by molar-refractivity contribution is -0.113. The number of hydrogen-bond donors (Lipinski definition) is 3. The van der Waals surface area contributed by atoms with Crippen LogP contribution < -0.4 is 15.5 Å². The van der Waals surface area contributed by atoms with E-state index in [1.165, 1.54) is 17.3 Å². The minimum Gasteiger partial charge on any atom is -0.494 e. The fraction of sp³-hybridized carbons (Fsp3) is 0.250. The SMILES string of the molecule is CCOc1ccc(-n2c(SCC(=O)Nc3ccc(C)c(C)c3)nc3n[nH]c(C)c3c2=N)cc1. The van der Waals surface area contributed by atoms with Crippen molar-refractivity contribution < 1.29 is 9.53 Å². The number of amides is 1. The van der Waals surface area contributed by atoms with E-state index in [1.54, 1.807) is 4.57 Å². The molecule has 4 rings (SSSR count). The van der Waals surface area contributed by atoms with Gasteiger partial charge in [0.25, 0.3) is 0 Å². The van der Waals surface area contributed by atoms with Crippen molar-refractivity contribution in [2.75, 3.05) is 17.7 Å². The maximum Gasteiger partial charge on any atom is 0.234 e. The lowest BCUT2D eigenvalue weighted by Gasteiger charge is -2.14. The zero-order valence-corrected chi connectivity index (χ0v) is 19.8. The topological polar surface area (TPSA) is 109 Å². The summed E-state index contributed by atoms with van der Waals surface area (Å²) in [5.41, 5.74) is 5.30. The van der Waals surface area contributed by atoms with E-state index >= 15 is 0 Å². The average Bonchev–Trinajstić information content (AvgIpc) is 3.17. The Morgan fingerprint density at radius 2 is 1.91 bits per heavy atom. The molecule has 9 heteroatoms. The van der Waals surface area contributed by atoms with Gasteiger partial charge >= 0.3 is 0 Å². The number of nitrogens with zero attached hydrogens (tertiary/aromatic N) is 3. The number of rotatable bonds is 7. The molecule has 0 bridgehead atoms. The molecule has 0 radical (unpaired) electrons. The summed E-state index contributed by atoms with van der Waals surface area (Å²) in [5.74, 6) is 0.752. The number of hydrogen-bond acceptors (Lipinski definition) is 6. The Morgan fingerprint density at radius 1 is 1.15 bits per heavy atom. The fourth-order valence-electron chi connectivity index (χ4n) is 3.47. The first-order valence-electron chi connectivity index (χ1n) is 10.6. The summed E-state index contributed by atoms with van der Waals surface area (Å²) in [6.07, 6.45) is 0. The van der Waals surface area contributed by atoms with Crippen molar-refractivity contribution >= 4 is 34.4 Å². The van der Waals surface area contributed by atoms with E-state index in [2.05, 4.69) is 20.5 Å². The summed E-state index contributed by atoms with van der Waals surface area (Å²) >= 11 is 1.26. The van der Waals surface area contributed by atoms with Gasteiger partial charge in [-0.3, -0.25) is 19.9 Å². The van der Waals surface area contributed by atoms with Crippen LogP contribution in [0.5, 0.6) is 5.75 Å². The van der Waals surface area contributed by atoms with Gasteiger partial charge in [0.15, 0.2) is 10.8 Å². The molecule has 2 aromatic carbocycles. The highest BCUT2D eigenvalue weighted by atomic mass is 32.2. The Bertz CT molecular complexity index is 1370. The van der Waals surface area contributed by atoms with Gasteiger partial charge in [-0.15, -0.1) is 0 Å². The number of carbonyl (C=O) groups excluding carboxylic acids is 1. The molecule has 0 aliphatic carbocycles. The van der Waals surface area contributed by atoms with Crippen LogP contribution in [0.25, 0.3) is 16.7 Å². The second kappa shape index (κ2) is 9.50. The molecule has 1 amide bonds. The quantitative estimate of drug-likeness (QED) is 0.281. The van der Waals surface area contributed by atoms with E-state index in [-0.39, 0.29) is 17.1 Å². The minimum absolute atomic E-state index is 0.144. The van der Waals surface area contributed by atoms with E-state index in [0.717, 1.165) is 28.4 Å². The first-order chi connectivity index (χ1) is 15.9. The van der Waals surface area contributed by atoms with Crippen LogP contribution in [0.2, 0.25) is 0 Å². The number of aromatic nitrogens is 4. The molecule has 33 heavy (non-hydrogen) atoms. The van der Waals surface area contributed by atoms with E-state index in [1.807, 2.05) is 70.2 Å². The molecule has 0 fully saturated rings. The Hall–Kier alpha value is -3.59. The van der Waals surface area contributed by atoms with Crippen LogP contribution in [-0.2, 0) is 4.79 Å². The molecule has 0 spiro atoms. The zero-order chi connectivity index (χ0) is 23.5. The number of thioether (sulfide) groups is 1. The molecule has 0 unspecified atom stereocenters. The number of carbonyl (C=O) groups is 1. The van der Waals surface area contributed by atoms with Gasteiger partial charge in [0.05, 0.1) is 17.7 Å². The smallest absolute Gasteiger partial charge is 0.234 e. The van der Waals surface area contributed by atoms with Crippen molar-refractivity contribution in [3.63, 3.8) is 0 Å². The zero-order valence-electron chi connectivity index (χ0n) is 19.0.